The predicted molar refractivity (Wildman–Crippen MR) is 123 cm³/mol. The van der Waals surface area contributed by atoms with Crippen molar-refractivity contribution in [3.05, 3.63) is 80.4 Å². The van der Waals surface area contributed by atoms with Crippen LogP contribution in [0.3, 0.4) is 0 Å². The molecule has 3 aromatic rings. The highest BCUT2D eigenvalue weighted by Crippen LogP contribution is 2.27. The van der Waals surface area contributed by atoms with Gasteiger partial charge in [-0.05, 0) is 40.2 Å². The van der Waals surface area contributed by atoms with E-state index in [0.29, 0.717) is 32.7 Å². The van der Waals surface area contributed by atoms with Gasteiger partial charge in [-0.2, -0.15) is 5.10 Å². The van der Waals surface area contributed by atoms with Crippen LogP contribution in [0.25, 0.3) is 16.7 Å². The number of fused-ring (bicyclic) bond motifs is 2. The SMILES string of the molecule is O=C1C=C(CSc2nc3[nH]ncc3c(=O)n2-c2ccccc2Cl)NC2C=CC(Br)=CN12. The van der Waals surface area contributed by atoms with Crippen molar-refractivity contribution in [3.8, 4) is 5.69 Å². The Morgan fingerprint density at radius 2 is 2.10 bits per heavy atom. The third kappa shape index (κ3) is 3.71. The molecule has 2 N–H and O–H groups in total. The first kappa shape index (κ1) is 20.1. The van der Waals surface area contributed by atoms with Crippen molar-refractivity contribution in [2.75, 3.05) is 5.75 Å². The van der Waals surface area contributed by atoms with Gasteiger partial charge in [-0.1, -0.05) is 35.5 Å². The fourth-order valence-electron chi connectivity index (χ4n) is 3.35. The van der Waals surface area contributed by atoms with E-state index >= 15 is 0 Å². The average molecular weight is 518 g/mol. The van der Waals surface area contributed by atoms with E-state index in [1.807, 2.05) is 12.2 Å². The first-order valence-corrected chi connectivity index (χ1v) is 11.4. The minimum atomic E-state index is -0.271. The lowest BCUT2D eigenvalue weighted by molar-refractivity contribution is -0.125. The van der Waals surface area contributed by atoms with Crippen LogP contribution in [0.4, 0.5) is 0 Å². The van der Waals surface area contributed by atoms with Crippen LogP contribution in [0, 0.1) is 0 Å². The lowest BCUT2D eigenvalue weighted by Crippen LogP contribution is -2.49. The summed E-state index contributed by atoms with van der Waals surface area (Å²) < 4.78 is 2.30. The van der Waals surface area contributed by atoms with Crippen molar-refractivity contribution >= 4 is 56.2 Å². The van der Waals surface area contributed by atoms with E-state index in [4.69, 9.17) is 11.6 Å². The molecule has 2 aliphatic heterocycles. The van der Waals surface area contributed by atoms with E-state index < -0.39 is 0 Å². The van der Waals surface area contributed by atoms with Crippen molar-refractivity contribution in [2.24, 2.45) is 0 Å². The fraction of sp³-hybridized carbons (Fsp3) is 0.100. The first-order valence-electron chi connectivity index (χ1n) is 9.20. The second-order valence-corrected chi connectivity index (χ2v) is 9.05. The Balaban J connectivity index is 1.50. The zero-order chi connectivity index (χ0) is 21.5. The number of allylic oxidation sites excluding steroid dienone is 2. The van der Waals surface area contributed by atoms with E-state index in [0.717, 1.165) is 10.2 Å². The molecule has 1 atom stereocenters. The number of nitrogens with zero attached hydrogens (tertiary/aromatic N) is 4. The Labute approximate surface area is 193 Å². The van der Waals surface area contributed by atoms with Gasteiger partial charge < -0.3 is 5.32 Å². The zero-order valence-corrected chi connectivity index (χ0v) is 18.9. The first-order chi connectivity index (χ1) is 15.0. The smallest absolute Gasteiger partial charge is 0.269 e. The maximum Gasteiger partial charge on any atom is 0.269 e. The molecule has 0 spiro atoms. The molecule has 0 fully saturated rings. The Morgan fingerprint density at radius 3 is 2.94 bits per heavy atom. The molecule has 0 saturated heterocycles. The van der Waals surface area contributed by atoms with Gasteiger partial charge in [-0.25, -0.2) is 4.98 Å². The van der Waals surface area contributed by atoms with Gasteiger partial charge >= 0.3 is 0 Å². The summed E-state index contributed by atoms with van der Waals surface area (Å²) in [5.41, 5.74) is 1.39. The van der Waals surface area contributed by atoms with E-state index in [1.165, 1.54) is 22.5 Å². The average Bonchev–Trinajstić information content (AvgIpc) is 3.23. The summed E-state index contributed by atoms with van der Waals surface area (Å²) in [6.07, 6.45) is 8.26. The number of halogens is 2. The van der Waals surface area contributed by atoms with E-state index in [-0.39, 0.29) is 17.6 Å². The highest BCUT2D eigenvalue weighted by Gasteiger charge is 2.27. The van der Waals surface area contributed by atoms with Crippen LogP contribution in [-0.4, -0.2) is 42.5 Å². The number of nitrogens with one attached hydrogen (secondary N) is 2. The minimum Gasteiger partial charge on any atom is -0.364 e. The summed E-state index contributed by atoms with van der Waals surface area (Å²) in [5.74, 6) is 0.284. The highest BCUT2D eigenvalue weighted by atomic mass is 79.9. The molecule has 156 valence electrons. The Hall–Kier alpha value is -2.82. The van der Waals surface area contributed by atoms with Crippen molar-refractivity contribution < 1.29 is 4.79 Å². The molecule has 0 radical (unpaired) electrons. The molecular weight excluding hydrogens is 504 g/mol. The lowest BCUT2D eigenvalue weighted by atomic mass is 10.2. The molecule has 0 bridgehead atoms. The van der Waals surface area contributed by atoms with E-state index in [1.54, 1.807) is 41.4 Å². The third-order valence-corrected chi connectivity index (χ3v) is 6.56. The van der Waals surface area contributed by atoms with Gasteiger partial charge in [-0.3, -0.25) is 24.2 Å². The minimum absolute atomic E-state index is 0.124. The van der Waals surface area contributed by atoms with Crippen LogP contribution >= 0.6 is 39.3 Å². The maximum absolute atomic E-state index is 13.2. The molecular formula is C20H14BrClN6O2S. The summed E-state index contributed by atoms with van der Waals surface area (Å²) in [7, 11) is 0. The Bertz CT molecular complexity index is 1360. The summed E-state index contributed by atoms with van der Waals surface area (Å²) in [5, 5.41) is 11.3. The second kappa shape index (κ2) is 8.03. The number of benzene rings is 1. The molecule has 0 aliphatic carbocycles. The molecule has 8 nitrogen and oxygen atoms in total. The Kier molecular flexibility index (Phi) is 5.20. The number of para-hydroxylation sites is 1. The van der Waals surface area contributed by atoms with E-state index in [2.05, 4.69) is 36.4 Å². The number of thioether (sulfide) groups is 1. The van der Waals surface area contributed by atoms with Gasteiger partial charge in [0.25, 0.3) is 11.5 Å². The van der Waals surface area contributed by atoms with Crippen LogP contribution in [0.5, 0.6) is 0 Å². The molecule has 1 amide bonds. The molecule has 11 heteroatoms. The molecule has 5 rings (SSSR count). The largest absolute Gasteiger partial charge is 0.364 e. The third-order valence-electron chi connectivity index (χ3n) is 4.79. The zero-order valence-electron chi connectivity index (χ0n) is 15.8. The van der Waals surface area contributed by atoms with Crippen LogP contribution in [0.2, 0.25) is 5.02 Å². The van der Waals surface area contributed by atoms with Crippen LogP contribution in [0.15, 0.2) is 75.0 Å². The number of carbonyl (C=O) groups is 1. The van der Waals surface area contributed by atoms with Gasteiger partial charge in [-0.15, -0.1) is 0 Å². The van der Waals surface area contributed by atoms with Crippen LogP contribution < -0.4 is 10.9 Å². The molecule has 1 aromatic carbocycles. The van der Waals surface area contributed by atoms with Crippen LogP contribution in [-0.2, 0) is 4.79 Å². The van der Waals surface area contributed by atoms with Crippen molar-refractivity contribution in [3.63, 3.8) is 0 Å². The predicted octanol–water partition coefficient (Wildman–Crippen LogP) is 3.30. The number of carbonyl (C=O) groups excluding carboxylic acids is 1. The Morgan fingerprint density at radius 1 is 1.26 bits per heavy atom. The number of aromatic amines is 1. The summed E-state index contributed by atoms with van der Waals surface area (Å²) in [6, 6.07) is 7.09. The van der Waals surface area contributed by atoms with Gasteiger partial charge in [0, 0.05) is 28.2 Å². The van der Waals surface area contributed by atoms with Crippen molar-refractivity contribution in [1.82, 2.24) is 30.0 Å². The standard InChI is InChI=1S/C20H14BrClN6O2S/c21-11-5-6-16-24-12(7-17(29)27(16)9-11)10-31-20-25-18-13(8-23-26-18)19(30)28(20)15-4-2-1-3-14(15)22/h1-9,16,24H,10H2,(H,23,26). The van der Waals surface area contributed by atoms with Gasteiger partial charge in [0.15, 0.2) is 10.8 Å². The monoisotopic (exact) mass is 516 g/mol. The quantitative estimate of drug-likeness (QED) is 0.407. The molecule has 4 heterocycles. The van der Waals surface area contributed by atoms with Crippen molar-refractivity contribution in [2.45, 2.75) is 11.3 Å². The normalized spacial score (nSPS) is 17.9. The van der Waals surface area contributed by atoms with Gasteiger partial charge in [0.1, 0.15) is 11.6 Å². The second-order valence-electron chi connectivity index (χ2n) is 6.78. The molecule has 2 aromatic heterocycles. The molecule has 0 saturated carbocycles. The number of hydrogen-bond acceptors (Lipinski definition) is 6. The number of hydrogen-bond donors (Lipinski definition) is 2. The fourth-order valence-corrected chi connectivity index (χ4v) is 4.86. The maximum atomic E-state index is 13.2. The lowest BCUT2D eigenvalue weighted by Gasteiger charge is -2.34. The van der Waals surface area contributed by atoms with Crippen LogP contribution in [0.1, 0.15) is 0 Å². The molecule has 2 aliphatic rings. The highest BCUT2D eigenvalue weighted by molar-refractivity contribution is 9.11. The molecule has 1 unspecified atom stereocenters. The van der Waals surface area contributed by atoms with E-state index in [9.17, 15) is 9.59 Å². The topological polar surface area (TPSA) is 95.9 Å². The summed E-state index contributed by atoms with van der Waals surface area (Å²) in [4.78, 5) is 31.9. The summed E-state index contributed by atoms with van der Waals surface area (Å²) in [6.45, 7) is 0. The molecule has 31 heavy (non-hydrogen) atoms. The summed E-state index contributed by atoms with van der Waals surface area (Å²) >= 11 is 11.1. The van der Waals surface area contributed by atoms with Gasteiger partial charge in [0.05, 0.1) is 16.9 Å². The van der Waals surface area contributed by atoms with Crippen molar-refractivity contribution in [1.29, 1.82) is 0 Å². The number of amides is 1. The number of aromatic nitrogens is 4. The van der Waals surface area contributed by atoms with Gasteiger partial charge in [0.2, 0.25) is 0 Å². The number of rotatable bonds is 4. The number of H-pyrrole nitrogens is 1.